The van der Waals surface area contributed by atoms with Gasteiger partial charge in [0.2, 0.25) is 0 Å². The van der Waals surface area contributed by atoms with E-state index in [1.807, 2.05) is 0 Å². The third-order valence-electron chi connectivity index (χ3n) is 13.8. The summed E-state index contributed by atoms with van der Waals surface area (Å²) in [6.07, 6.45) is 6.73. The van der Waals surface area contributed by atoms with E-state index < -0.39 is 0 Å². The molecule has 1 nitrogen and oxygen atoms in total. The zero-order valence-electron chi connectivity index (χ0n) is 35.7. The molecule has 0 saturated carbocycles. The Morgan fingerprint density at radius 1 is 0.292 bits per heavy atom. The highest BCUT2D eigenvalue weighted by atomic mass is 16.5. The van der Waals surface area contributed by atoms with Crippen molar-refractivity contribution in [2.45, 2.75) is 12.0 Å². The molecule has 0 radical (unpaired) electrons. The van der Waals surface area contributed by atoms with Gasteiger partial charge in [-0.25, -0.2) is 0 Å². The molecule has 2 aliphatic rings. The molecule has 2 atom stereocenters. The summed E-state index contributed by atoms with van der Waals surface area (Å²) >= 11 is 0. The fourth-order valence-electron chi connectivity index (χ4n) is 11.0. The van der Waals surface area contributed by atoms with Gasteiger partial charge >= 0.3 is 0 Å². The SMILES string of the molecule is C1=CC2c3cc(-c4c5ccccc5c(-c5cccc(-c6ccccc6)c5)c5ccccc45)ccc3OC2C(c2c3ccccc3c(-c3cccc(-c4ccccc4)c3)c3ccccc23)=C1. The maximum atomic E-state index is 7.13. The second-order valence-corrected chi connectivity index (χ2v) is 17.4. The zero-order valence-corrected chi connectivity index (χ0v) is 35.7. The van der Waals surface area contributed by atoms with Gasteiger partial charge in [-0.3, -0.25) is 0 Å². The predicted octanol–water partition coefficient (Wildman–Crippen LogP) is 17.1. The minimum absolute atomic E-state index is 0.0576. The lowest BCUT2D eigenvalue weighted by atomic mass is 9.79. The number of hydrogen-bond acceptors (Lipinski definition) is 1. The van der Waals surface area contributed by atoms with Crippen molar-refractivity contribution in [2.24, 2.45) is 0 Å². The molecule has 13 rings (SSSR count). The summed E-state index contributed by atoms with van der Waals surface area (Å²) in [7, 11) is 0. The van der Waals surface area contributed by atoms with Crippen LogP contribution in [0.15, 0.2) is 243 Å². The molecular formula is C64H42O. The molecule has 11 aromatic carbocycles. The van der Waals surface area contributed by atoms with Crippen LogP contribution in [0, 0.1) is 0 Å². The number of rotatable bonds is 6. The molecule has 0 fully saturated rings. The largest absolute Gasteiger partial charge is 0.484 e. The first kappa shape index (κ1) is 37.3. The minimum Gasteiger partial charge on any atom is -0.484 e. The number of fused-ring (bicyclic) bond motifs is 7. The van der Waals surface area contributed by atoms with Crippen LogP contribution >= 0.6 is 0 Å². The Morgan fingerprint density at radius 3 is 1.11 bits per heavy atom. The van der Waals surface area contributed by atoms with E-state index >= 15 is 0 Å². The number of allylic oxidation sites excluding steroid dienone is 2. The van der Waals surface area contributed by atoms with Gasteiger partial charge in [-0.15, -0.1) is 0 Å². The number of benzene rings is 11. The summed E-state index contributed by atoms with van der Waals surface area (Å²) in [5.74, 6) is 1.01. The molecule has 65 heavy (non-hydrogen) atoms. The van der Waals surface area contributed by atoms with E-state index in [4.69, 9.17) is 4.74 Å². The minimum atomic E-state index is -0.169. The predicted molar refractivity (Wildman–Crippen MR) is 274 cm³/mol. The van der Waals surface area contributed by atoms with E-state index in [1.54, 1.807) is 0 Å². The summed E-state index contributed by atoms with van der Waals surface area (Å²) in [4.78, 5) is 0. The molecule has 304 valence electrons. The molecule has 1 heteroatoms. The molecule has 0 N–H and O–H groups in total. The maximum absolute atomic E-state index is 7.13. The second kappa shape index (κ2) is 15.2. The van der Waals surface area contributed by atoms with Crippen molar-refractivity contribution in [3.8, 4) is 61.4 Å². The fraction of sp³-hybridized carbons (Fsp3) is 0.0312. The molecule has 0 bridgehead atoms. The van der Waals surface area contributed by atoms with Crippen LogP contribution in [0.2, 0.25) is 0 Å². The fourth-order valence-corrected chi connectivity index (χ4v) is 11.0. The van der Waals surface area contributed by atoms with Crippen LogP contribution in [-0.4, -0.2) is 6.10 Å². The molecule has 0 saturated heterocycles. The monoisotopic (exact) mass is 826 g/mol. The van der Waals surface area contributed by atoms with Crippen molar-refractivity contribution in [3.63, 3.8) is 0 Å². The second-order valence-electron chi connectivity index (χ2n) is 17.4. The first-order valence-electron chi connectivity index (χ1n) is 22.7. The van der Waals surface area contributed by atoms with E-state index in [0.717, 1.165) is 5.75 Å². The van der Waals surface area contributed by atoms with Gasteiger partial charge in [-0.05, 0) is 129 Å². The molecule has 2 unspecified atom stereocenters. The quantitative estimate of drug-likeness (QED) is 0.152. The Balaban J connectivity index is 0.935. The van der Waals surface area contributed by atoms with Crippen LogP contribution in [0.25, 0.3) is 104 Å². The maximum Gasteiger partial charge on any atom is 0.135 e. The molecule has 0 spiro atoms. The van der Waals surface area contributed by atoms with Crippen molar-refractivity contribution in [1.82, 2.24) is 0 Å². The average Bonchev–Trinajstić information content (AvgIpc) is 3.76. The van der Waals surface area contributed by atoms with Gasteiger partial charge in [-0.2, -0.15) is 0 Å². The van der Waals surface area contributed by atoms with Crippen molar-refractivity contribution in [3.05, 3.63) is 254 Å². The number of hydrogen-bond donors (Lipinski definition) is 0. The van der Waals surface area contributed by atoms with Crippen molar-refractivity contribution >= 4 is 48.7 Å². The van der Waals surface area contributed by atoms with Gasteiger partial charge in [0.05, 0.1) is 0 Å². The normalized spacial score (nSPS) is 15.2. The first-order chi connectivity index (χ1) is 32.3. The van der Waals surface area contributed by atoms with Crippen LogP contribution in [0.1, 0.15) is 17.0 Å². The Labute approximate surface area is 378 Å². The molecule has 11 aromatic rings. The van der Waals surface area contributed by atoms with Crippen molar-refractivity contribution < 1.29 is 4.74 Å². The molecule has 1 aliphatic carbocycles. The molecule has 0 aromatic heterocycles. The summed E-state index contributed by atoms with van der Waals surface area (Å²) < 4.78 is 7.13. The topological polar surface area (TPSA) is 9.23 Å². The number of ether oxygens (including phenoxy) is 1. The van der Waals surface area contributed by atoms with Gasteiger partial charge in [0.25, 0.3) is 0 Å². The zero-order chi connectivity index (χ0) is 42.8. The molecule has 0 amide bonds. The van der Waals surface area contributed by atoms with Gasteiger partial charge in [-0.1, -0.05) is 218 Å². The molecule has 1 heterocycles. The Kier molecular flexibility index (Phi) is 8.74. The van der Waals surface area contributed by atoms with E-state index in [1.165, 1.54) is 115 Å². The van der Waals surface area contributed by atoms with E-state index in [9.17, 15) is 0 Å². The van der Waals surface area contributed by atoms with Crippen LogP contribution in [0.5, 0.6) is 5.75 Å². The first-order valence-corrected chi connectivity index (χ1v) is 22.7. The lowest BCUT2D eigenvalue weighted by Crippen LogP contribution is -2.21. The lowest BCUT2D eigenvalue weighted by molar-refractivity contribution is 0.278. The smallest absolute Gasteiger partial charge is 0.135 e. The van der Waals surface area contributed by atoms with Gasteiger partial charge < -0.3 is 4.74 Å². The molecular weight excluding hydrogens is 785 g/mol. The van der Waals surface area contributed by atoms with Gasteiger partial charge in [0, 0.05) is 17.1 Å². The highest BCUT2D eigenvalue weighted by molar-refractivity contribution is 6.22. The van der Waals surface area contributed by atoms with E-state index in [0.29, 0.717) is 0 Å². The van der Waals surface area contributed by atoms with Crippen LogP contribution in [0.3, 0.4) is 0 Å². The van der Waals surface area contributed by atoms with E-state index in [2.05, 4.69) is 243 Å². The summed E-state index contributed by atoms with van der Waals surface area (Å²) in [6.45, 7) is 0. The van der Waals surface area contributed by atoms with Gasteiger partial charge in [0.1, 0.15) is 11.9 Å². The lowest BCUT2D eigenvalue weighted by Gasteiger charge is -2.26. The third-order valence-corrected chi connectivity index (χ3v) is 13.8. The summed E-state index contributed by atoms with van der Waals surface area (Å²) in [5.41, 5.74) is 16.0. The van der Waals surface area contributed by atoms with Crippen molar-refractivity contribution in [1.29, 1.82) is 0 Å². The summed E-state index contributed by atoms with van der Waals surface area (Å²) in [5, 5.41) is 9.94. The van der Waals surface area contributed by atoms with Crippen LogP contribution in [0.4, 0.5) is 0 Å². The third kappa shape index (κ3) is 6.08. The van der Waals surface area contributed by atoms with Gasteiger partial charge in [0.15, 0.2) is 0 Å². The Bertz CT molecular complexity index is 3630. The highest BCUT2D eigenvalue weighted by Gasteiger charge is 2.38. The van der Waals surface area contributed by atoms with Crippen LogP contribution in [-0.2, 0) is 0 Å². The van der Waals surface area contributed by atoms with E-state index in [-0.39, 0.29) is 12.0 Å². The average molecular weight is 827 g/mol. The van der Waals surface area contributed by atoms with Crippen LogP contribution < -0.4 is 4.74 Å². The highest BCUT2D eigenvalue weighted by Crippen LogP contribution is 2.52. The standard InChI is InChI=1S/C64H42O/c1-3-18-41(19-4-1)43-22-15-24-45(38-43)60-48-26-7-9-28-50(48)62(51-29-10-8-27-49(51)60)47-36-37-59-58(40-47)56-34-17-35-57(64(56)65-59)63-54-32-13-11-30-52(54)61(53-31-12-14-33-55(53)63)46-25-16-23-44(39-46)42-20-5-2-6-21-42/h1-40,56,64H. The summed E-state index contributed by atoms with van der Waals surface area (Å²) in [6, 6.07) is 82.1. The Hall–Kier alpha value is -8.26. The van der Waals surface area contributed by atoms with Crippen molar-refractivity contribution in [2.75, 3.05) is 0 Å². The molecule has 1 aliphatic heterocycles. The Morgan fingerprint density at radius 2 is 0.662 bits per heavy atom.